The molecule has 4 rings (SSSR count). The Labute approximate surface area is 162 Å². The number of aliphatic hydroxyl groups excluding tert-OH is 1. The lowest BCUT2D eigenvalue weighted by Crippen LogP contribution is -2.54. The van der Waals surface area contributed by atoms with E-state index in [1.54, 1.807) is 6.08 Å². The van der Waals surface area contributed by atoms with E-state index in [2.05, 4.69) is 13.8 Å². The van der Waals surface area contributed by atoms with Crippen LogP contribution in [-0.4, -0.2) is 23.0 Å². The van der Waals surface area contributed by atoms with E-state index in [1.165, 1.54) is 0 Å². The molecule has 1 N–H and O–H groups in total. The number of hydrogen-bond acceptors (Lipinski definition) is 4. The van der Waals surface area contributed by atoms with Gasteiger partial charge in [0.25, 0.3) is 0 Å². The summed E-state index contributed by atoms with van der Waals surface area (Å²) >= 11 is 0. The van der Waals surface area contributed by atoms with Gasteiger partial charge < -0.3 is 9.84 Å². The van der Waals surface area contributed by atoms with Gasteiger partial charge in [-0.2, -0.15) is 0 Å². The summed E-state index contributed by atoms with van der Waals surface area (Å²) in [7, 11) is 0. The molecule has 0 heterocycles. The Morgan fingerprint density at radius 3 is 2.70 bits per heavy atom. The van der Waals surface area contributed by atoms with Crippen LogP contribution < -0.4 is 0 Å². The van der Waals surface area contributed by atoms with E-state index in [9.17, 15) is 14.7 Å². The van der Waals surface area contributed by atoms with Crippen LogP contribution in [0.2, 0.25) is 0 Å². The van der Waals surface area contributed by atoms with Gasteiger partial charge in [-0.1, -0.05) is 20.8 Å². The molecule has 150 valence electrons. The maximum atomic E-state index is 12.3. The quantitative estimate of drug-likeness (QED) is 0.744. The Morgan fingerprint density at radius 2 is 1.96 bits per heavy atom. The van der Waals surface area contributed by atoms with Gasteiger partial charge in [0.15, 0.2) is 5.78 Å². The van der Waals surface area contributed by atoms with E-state index >= 15 is 0 Å². The minimum absolute atomic E-state index is 0.0393. The summed E-state index contributed by atoms with van der Waals surface area (Å²) in [6.45, 7) is 6.50. The predicted molar refractivity (Wildman–Crippen MR) is 103 cm³/mol. The zero-order valence-electron chi connectivity index (χ0n) is 17.0. The molecule has 0 aromatic rings. The van der Waals surface area contributed by atoms with E-state index in [-0.39, 0.29) is 34.6 Å². The number of esters is 1. The Morgan fingerprint density at radius 1 is 1.19 bits per heavy atom. The van der Waals surface area contributed by atoms with Crippen LogP contribution >= 0.6 is 0 Å². The van der Waals surface area contributed by atoms with Crippen molar-refractivity contribution in [2.24, 2.45) is 34.5 Å². The smallest absolute Gasteiger partial charge is 0.310 e. The molecule has 0 saturated heterocycles. The van der Waals surface area contributed by atoms with Gasteiger partial charge in [0.2, 0.25) is 0 Å². The first-order valence-corrected chi connectivity index (χ1v) is 10.9. The van der Waals surface area contributed by atoms with Crippen molar-refractivity contribution in [3.63, 3.8) is 0 Å². The fourth-order valence-corrected chi connectivity index (χ4v) is 7.22. The minimum Gasteiger partial charge on any atom is -0.430 e. The van der Waals surface area contributed by atoms with Crippen molar-refractivity contribution in [2.75, 3.05) is 0 Å². The van der Waals surface area contributed by atoms with Crippen LogP contribution in [0.1, 0.15) is 78.6 Å². The van der Waals surface area contributed by atoms with Crippen LogP contribution in [0, 0.1) is 34.5 Å². The number of fused-ring (bicyclic) bond motifs is 5. The highest BCUT2D eigenvalue weighted by atomic mass is 16.5. The van der Waals surface area contributed by atoms with Gasteiger partial charge >= 0.3 is 5.97 Å². The third-order valence-electron chi connectivity index (χ3n) is 8.80. The number of ketones is 1. The number of rotatable bonds is 3. The Kier molecular flexibility index (Phi) is 4.77. The molecule has 3 fully saturated rings. The summed E-state index contributed by atoms with van der Waals surface area (Å²) in [6.07, 6.45) is 9.45. The number of hydrogen-bond donors (Lipinski definition) is 1. The van der Waals surface area contributed by atoms with E-state index in [4.69, 9.17) is 4.74 Å². The van der Waals surface area contributed by atoms with Gasteiger partial charge in [0.05, 0.1) is 6.10 Å². The van der Waals surface area contributed by atoms with Crippen molar-refractivity contribution < 1.29 is 19.4 Å². The third-order valence-corrected chi connectivity index (χ3v) is 8.80. The summed E-state index contributed by atoms with van der Waals surface area (Å²) in [5.74, 6) is 2.35. The standard InChI is InChI=1S/C23H34O4/c1-4-5-21(26)27-20-13-15(24)12-14-6-7-16-17-8-9-19(25)22(17,2)11-10-18(16)23(14,20)3/h13-14,16-19,25H,4-12H2,1-3H3/t14?,16-,17-,18+,19?,22-,23-/m0/s1. The summed E-state index contributed by atoms with van der Waals surface area (Å²) in [4.78, 5) is 24.6. The SMILES string of the molecule is CCCC(=O)OC1=CC(=O)CC2CC[C@@H]3[C@@H](CC[C@]4(C)C(O)CC[C@@H]34)[C@@]12C. The molecule has 4 aliphatic rings. The maximum Gasteiger partial charge on any atom is 0.310 e. The van der Waals surface area contributed by atoms with Crippen molar-refractivity contribution in [1.29, 1.82) is 0 Å². The molecule has 7 atom stereocenters. The fraction of sp³-hybridized carbons (Fsp3) is 0.826. The minimum atomic E-state index is -0.227. The zero-order chi connectivity index (χ0) is 19.4. The maximum absolute atomic E-state index is 12.3. The second-order valence-electron chi connectivity index (χ2n) is 9.97. The molecule has 0 aromatic heterocycles. The lowest BCUT2D eigenvalue weighted by Gasteiger charge is -2.59. The van der Waals surface area contributed by atoms with E-state index in [1.807, 2.05) is 6.92 Å². The van der Waals surface area contributed by atoms with Gasteiger partial charge in [-0.3, -0.25) is 9.59 Å². The molecule has 0 bridgehead atoms. The second-order valence-corrected chi connectivity index (χ2v) is 9.97. The Hall–Kier alpha value is -1.16. The van der Waals surface area contributed by atoms with E-state index < -0.39 is 0 Å². The Balaban J connectivity index is 1.67. The predicted octanol–water partition coefficient (Wildman–Crippen LogP) is 4.41. The van der Waals surface area contributed by atoms with Gasteiger partial charge in [0.1, 0.15) is 5.76 Å². The number of carbonyl (C=O) groups is 2. The Bertz CT molecular complexity index is 667. The van der Waals surface area contributed by atoms with E-state index in [0.29, 0.717) is 36.4 Å². The topological polar surface area (TPSA) is 63.6 Å². The highest BCUT2D eigenvalue weighted by Crippen LogP contribution is 2.66. The molecule has 4 nitrogen and oxygen atoms in total. The molecule has 4 aliphatic carbocycles. The fourth-order valence-electron chi connectivity index (χ4n) is 7.22. The van der Waals surface area contributed by atoms with Crippen molar-refractivity contribution >= 4 is 11.8 Å². The van der Waals surface area contributed by atoms with Crippen molar-refractivity contribution in [3.05, 3.63) is 11.8 Å². The second kappa shape index (κ2) is 6.72. The normalized spacial score (nSPS) is 46.1. The van der Waals surface area contributed by atoms with Crippen molar-refractivity contribution in [2.45, 2.75) is 84.7 Å². The molecule has 0 amide bonds. The van der Waals surface area contributed by atoms with Crippen LogP contribution in [-0.2, 0) is 14.3 Å². The molecular formula is C23H34O4. The van der Waals surface area contributed by atoms with Gasteiger partial charge in [0, 0.05) is 24.3 Å². The number of ether oxygens (including phenoxy) is 1. The lowest BCUT2D eigenvalue weighted by molar-refractivity contribution is -0.151. The van der Waals surface area contributed by atoms with Gasteiger partial charge in [-0.15, -0.1) is 0 Å². The molecule has 0 spiro atoms. The summed E-state index contributed by atoms with van der Waals surface area (Å²) in [5.41, 5.74) is -0.188. The first kappa shape index (κ1) is 19.2. The van der Waals surface area contributed by atoms with Crippen molar-refractivity contribution in [3.8, 4) is 0 Å². The lowest BCUT2D eigenvalue weighted by atomic mass is 9.46. The molecule has 0 aliphatic heterocycles. The highest BCUT2D eigenvalue weighted by molar-refractivity contribution is 5.92. The molecule has 2 unspecified atom stereocenters. The average Bonchev–Trinajstić information content (AvgIpc) is 2.91. The molecule has 4 heteroatoms. The highest BCUT2D eigenvalue weighted by Gasteiger charge is 2.61. The summed E-state index contributed by atoms with van der Waals surface area (Å²) in [5, 5.41) is 10.6. The number of allylic oxidation sites excluding steroid dienone is 2. The van der Waals surface area contributed by atoms with Crippen LogP contribution in [0.5, 0.6) is 0 Å². The molecular weight excluding hydrogens is 340 g/mol. The van der Waals surface area contributed by atoms with Gasteiger partial charge in [-0.05, 0) is 74.0 Å². The van der Waals surface area contributed by atoms with Crippen LogP contribution in [0.4, 0.5) is 0 Å². The molecule has 3 saturated carbocycles. The molecule has 0 radical (unpaired) electrons. The third kappa shape index (κ3) is 2.82. The van der Waals surface area contributed by atoms with Crippen molar-refractivity contribution in [1.82, 2.24) is 0 Å². The summed E-state index contributed by atoms with van der Waals surface area (Å²) < 4.78 is 5.83. The monoisotopic (exact) mass is 374 g/mol. The average molecular weight is 375 g/mol. The first-order chi connectivity index (χ1) is 12.8. The van der Waals surface area contributed by atoms with Crippen LogP contribution in [0.3, 0.4) is 0 Å². The molecule has 0 aromatic carbocycles. The number of carbonyl (C=O) groups excluding carboxylic acids is 2. The largest absolute Gasteiger partial charge is 0.430 e. The molecule has 27 heavy (non-hydrogen) atoms. The van der Waals surface area contributed by atoms with E-state index in [0.717, 1.165) is 44.9 Å². The zero-order valence-corrected chi connectivity index (χ0v) is 17.0. The van der Waals surface area contributed by atoms with Gasteiger partial charge in [-0.25, -0.2) is 0 Å². The number of aliphatic hydroxyl groups is 1. The van der Waals surface area contributed by atoms with Crippen LogP contribution in [0.15, 0.2) is 11.8 Å². The van der Waals surface area contributed by atoms with Crippen LogP contribution in [0.25, 0.3) is 0 Å². The first-order valence-electron chi connectivity index (χ1n) is 10.9. The summed E-state index contributed by atoms with van der Waals surface area (Å²) in [6, 6.07) is 0.